The Hall–Kier alpha value is -0.940. The van der Waals surface area contributed by atoms with Crippen LogP contribution < -0.4 is 0 Å². The molecule has 0 aromatic heterocycles. The lowest BCUT2D eigenvalue weighted by Crippen LogP contribution is -2.36. The number of hydrogen-bond donors (Lipinski definition) is 0. The van der Waals surface area contributed by atoms with Crippen molar-refractivity contribution in [2.75, 3.05) is 31.5 Å². The van der Waals surface area contributed by atoms with Crippen molar-refractivity contribution in [2.24, 2.45) is 0 Å². The molecular formula is C11H17Cl2NO4. The van der Waals surface area contributed by atoms with Crippen LogP contribution in [0.2, 0.25) is 0 Å². The van der Waals surface area contributed by atoms with Gasteiger partial charge in [0, 0.05) is 30.9 Å². The number of alkyl halides is 2. The summed E-state index contributed by atoms with van der Waals surface area (Å²) in [6.45, 7) is 5.56. The predicted octanol–water partition coefficient (Wildman–Crippen LogP) is 2.02. The quantitative estimate of drug-likeness (QED) is 0.391. The zero-order chi connectivity index (χ0) is 14.0. The first-order valence-electron chi connectivity index (χ1n) is 5.41. The fourth-order valence-corrected chi connectivity index (χ4v) is 1.47. The monoisotopic (exact) mass is 297 g/mol. The van der Waals surface area contributed by atoms with Gasteiger partial charge in [-0.25, -0.2) is 9.59 Å². The van der Waals surface area contributed by atoms with Crippen LogP contribution in [0.15, 0.2) is 12.7 Å². The minimum Gasteiger partial charge on any atom is -0.456 e. The van der Waals surface area contributed by atoms with Gasteiger partial charge in [0.25, 0.3) is 0 Å². The van der Waals surface area contributed by atoms with E-state index in [0.29, 0.717) is 24.8 Å². The van der Waals surface area contributed by atoms with E-state index in [2.05, 4.69) is 6.58 Å². The summed E-state index contributed by atoms with van der Waals surface area (Å²) >= 11 is 11.1. The molecule has 0 saturated carbocycles. The number of esters is 1. The molecule has 0 aliphatic carbocycles. The van der Waals surface area contributed by atoms with Crippen molar-refractivity contribution < 1.29 is 19.1 Å². The van der Waals surface area contributed by atoms with E-state index in [9.17, 15) is 9.59 Å². The molecule has 0 saturated heterocycles. The largest absolute Gasteiger partial charge is 0.456 e. The number of carbonyl (C=O) groups excluding carboxylic acids is 2. The van der Waals surface area contributed by atoms with Crippen molar-refractivity contribution in [3.63, 3.8) is 0 Å². The van der Waals surface area contributed by atoms with Gasteiger partial charge in [0.15, 0.2) is 0 Å². The van der Waals surface area contributed by atoms with Crippen molar-refractivity contribution in [3.8, 4) is 0 Å². The van der Waals surface area contributed by atoms with Crippen molar-refractivity contribution in [3.05, 3.63) is 12.7 Å². The fourth-order valence-electron chi connectivity index (χ4n) is 1.06. The Bertz CT molecular complexity index is 280. The highest BCUT2D eigenvalue weighted by Gasteiger charge is 2.16. The molecule has 0 rings (SSSR count). The molecule has 0 heterocycles. The SMILES string of the molecule is C=CC(=O)OC(C)COC(=O)N(CCCl)CCCl. The summed E-state index contributed by atoms with van der Waals surface area (Å²) < 4.78 is 9.82. The Morgan fingerprint density at radius 1 is 1.33 bits per heavy atom. The van der Waals surface area contributed by atoms with Gasteiger partial charge in [-0.2, -0.15) is 0 Å². The van der Waals surface area contributed by atoms with Crippen molar-refractivity contribution in [1.29, 1.82) is 0 Å². The second-order valence-electron chi connectivity index (χ2n) is 3.39. The van der Waals surface area contributed by atoms with Crippen LogP contribution in [0.3, 0.4) is 0 Å². The van der Waals surface area contributed by atoms with Crippen LogP contribution in [0, 0.1) is 0 Å². The van der Waals surface area contributed by atoms with Crippen molar-refractivity contribution in [1.82, 2.24) is 4.90 Å². The molecule has 1 unspecified atom stereocenters. The molecule has 0 aromatic rings. The highest BCUT2D eigenvalue weighted by Crippen LogP contribution is 2.00. The van der Waals surface area contributed by atoms with Crippen LogP contribution in [-0.2, 0) is 14.3 Å². The first kappa shape index (κ1) is 17.1. The zero-order valence-corrected chi connectivity index (χ0v) is 11.7. The van der Waals surface area contributed by atoms with Gasteiger partial charge in [-0.3, -0.25) is 0 Å². The Labute approximate surface area is 117 Å². The molecule has 1 amide bonds. The smallest absolute Gasteiger partial charge is 0.409 e. The second-order valence-corrected chi connectivity index (χ2v) is 4.15. The van der Waals surface area contributed by atoms with Gasteiger partial charge < -0.3 is 14.4 Å². The van der Waals surface area contributed by atoms with Gasteiger partial charge >= 0.3 is 12.1 Å². The van der Waals surface area contributed by atoms with E-state index < -0.39 is 18.2 Å². The number of carbonyl (C=O) groups is 2. The van der Waals surface area contributed by atoms with Crippen LogP contribution in [0.1, 0.15) is 6.92 Å². The lowest BCUT2D eigenvalue weighted by molar-refractivity contribution is -0.144. The summed E-state index contributed by atoms with van der Waals surface area (Å²) in [4.78, 5) is 23.9. The molecule has 0 fully saturated rings. The third-order valence-electron chi connectivity index (χ3n) is 1.89. The molecule has 0 aliphatic heterocycles. The molecule has 1 atom stereocenters. The number of rotatable bonds is 8. The van der Waals surface area contributed by atoms with E-state index in [4.69, 9.17) is 32.7 Å². The van der Waals surface area contributed by atoms with Gasteiger partial charge in [-0.1, -0.05) is 6.58 Å². The number of nitrogens with zero attached hydrogens (tertiary/aromatic N) is 1. The van der Waals surface area contributed by atoms with Gasteiger partial charge in [-0.05, 0) is 6.92 Å². The van der Waals surface area contributed by atoms with E-state index in [1.165, 1.54) is 4.90 Å². The van der Waals surface area contributed by atoms with Crippen LogP contribution >= 0.6 is 23.2 Å². The summed E-state index contributed by atoms with van der Waals surface area (Å²) in [5, 5.41) is 0. The Morgan fingerprint density at radius 3 is 2.33 bits per heavy atom. The summed E-state index contributed by atoms with van der Waals surface area (Å²) in [6.07, 6.45) is -0.0166. The highest BCUT2D eigenvalue weighted by atomic mass is 35.5. The van der Waals surface area contributed by atoms with Gasteiger partial charge in [0.1, 0.15) is 12.7 Å². The topological polar surface area (TPSA) is 55.8 Å². The van der Waals surface area contributed by atoms with Gasteiger partial charge in [0.2, 0.25) is 0 Å². The lowest BCUT2D eigenvalue weighted by Gasteiger charge is -2.21. The standard InChI is InChI=1S/C11H17Cl2NO4/c1-3-10(15)18-9(2)8-17-11(16)14(6-4-12)7-5-13/h3,9H,1,4-8H2,2H3. The molecule has 0 spiro atoms. The number of halogens is 2. The van der Waals surface area contributed by atoms with Gasteiger partial charge in [-0.15, -0.1) is 23.2 Å². The lowest BCUT2D eigenvalue weighted by atomic mass is 10.4. The minimum atomic E-state index is -0.558. The summed E-state index contributed by atoms with van der Waals surface area (Å²) in [5.74, 6) is 0.0388. The zero-order valence-electron chi connectivity index (χ0n) is 10.2. The van der Waals surface area contributed by atoms with Crippen molar-refractivity contribution in [2.45, 2.75) is 13.0 Å². The maximum absolute atomic E-state index is 11.6. The van der Waals surface area contributed by atoms with E-state index >= 15 is 0 Å². The average molecular weight is 298 g/mol. The maximum atomic E-state index is 11.6. The van der Waals surface area contributed by atoms with Crippen molar-refractivity contribution >= 4 is 35.3 Å². The molecule has 5 nitrogen and oxygen atoms in total. The first-order chi connectivity index (χ1) is 8.54. The number of amides is 1. The summed E-state index contributed by atoms with van der Waals surface area (Å²) in [5.41, 5.74) is 0. The van der Waals surface area contributed by atoms with E-state index in [-0.39, 0.29) is 6.61 Å². The Morgan fingerprint density at radius 2 is 1.89 bits per heavy atom. The molecule has 0 aliphatic rings. The number of ether oxygens (including phenoxy) is 2. The summed E-state index contributed by atoms with van der Waals surface area (Å²) in [6, 6.07) is 0. The fraction of sp³-hybridized carbons (Fsp3) is 0.636. The highest BCUT2D eigenvalue weighted by molar-refractivity contribution is 6.18. The van der Waals surface area contributed by atoms with E-state index in [1.54, 1.807) is 6.92 Å². The normalized spacial score (nSPS) is 11.5. The van der Waals surface area contributed by atoms with Crippen LogP contribution in [0.5, 0.6) is 0 Å². The molecular weight excluding hydrogens is 281 g/mol. The van der Waals surface area contributed by atoms with Crippen LogP contribution in [0.25, 0.3) is 0 Å². The average Bonchev–Trinajstić information content (AvgIpc) is 2.35. The molecule has 104 valence electrons. The van der Waals surface area contributed by atoms with E-state index in [1.807, 2.05) is 0 Å². The molecule has 0 radical (unpaired) electrons. The predicted molar refractivity (Wildman–Crippen MR) is 70.1 cm³/mol. The molecule has 18 heavy (non-hydrogen) atoms. The Balaban J connectivity index is 4.05. The maximum Gasteiger partial charge on any atom is 0.409 e. The van der Waals surface area contributed by atoms with Gasteiger partial charge in [0.05, 0.1) is 0 Å². The van der Waals surface area contributed by atoms with E-state index in [0.717, 1.165) is 6.08 Å². The third-order valence-corrected chi connectivity index (χ3v) is 2.23. The minimum absolute atomic E-state index is 0.0283. The van der Waals surface area contributed by atoms with Crippen LogP contribution in [0.4, 0.5) is 4.79 Å². The third kappa shape index (κ3) is 7.40. The van der Waals surface area contributed by atoms with Crippen LogP contribution in [-0.4, -0.2) is 54.5 Å². The molecule has 0 bridgehead atoms. The Kier molecular flexibility index (Phi) is 9.50. The molecule has 7 heteroatoms. The summed E-state index contributed by atoms with van der Waals surface area (Å²) in [7, 11) is 0. The number of hydrogen-bond acceptors (Lipinski definition) is 4. The first-order valence-corrected chi connectivity index (χ1v) is 6.48. The molecule has 0 aromatic carbocycles. The molecule has 0 N–H and O–H groups in total. The second kappa shape index (κ2) is 10.0.